The van der Waals surface area contributed by atoms with Crippen LogP contribution in [0, 0.1) is 6.92 Å². The van der Waals surface area contributed by atoms with E-state index in [1.54, 1.807) is 0 Å². The highest BCUT2D eigenvalue weighted by atomic mass is 79.9. The molecule has 2 aromatic rings. The van der Waals surface area contributed by atoms with Gasteiger partial charge in [-0.25, -0.2) is 4.98 Å². The molecule has 0 spiro atoms. The van der Waals surface area contributed by atoms with Crippen molar-refractivity contribution in [3.63, 3.8) is 0 Å². The summed E-state index contributed by atoms with van der Waals surface area (Å²) in [7, 11) is 0. The van der Waals surface area contributed by atoms with Crippen LogP contribution in [0.3, 0.4) is 0 Å². The average Bonchev–Trinajstić information content (AvgIpc) is 3.23. The molecule has 3 rings (SSSR count). The van der Waals surface area contributed by atoms with Gasteiger partial charge in [0.25, 0.3) is 0 Å². The van der Waals surface area contributed by atoms with Gasteiger partial charge in [0, 0.05) is 27.4 Å². The smallest absolute Gasteiger partial charge is 0.123 e. The van der Waals surface area contributed by atoms with Gasteiger partial charge in [0.15, 0.2) is 0 Å². The number of aryl methyl sites for hydroxylation is 1. The molecule has 1 N–H and O–H groups in total. The highest BCUT2D eigenvalue weighted by Gasteiger charge is 2.29. The van der Waals surface area contributed by atoms with Crippen molar-refractivity contribution in [2.75, 3.05) is 6.54 Å². The van der Waals surface area contributed by atoms with Crippen molar-refractivity contribution in [3.05, 3.63) is 38.8 Å². The minimum absolute atomic E-state index is 0.710. The second-order valence-electron chi connectivity index (χ2n) is 5.74. The molecule has 0 saturated heterocycles. The summed E-state index contributed by atoms with van der Waals surface area (Å²) < 4.78 is 1.16. The third-order valence-corrected chi connectivity index (χ3v) is 5.80. The summed E-state index contributed by atoms with van der Waals surface area (Å²) in [6.07, 6.45) is 3.79. The lowest BCUT2D eigenvalue weighted by molar-refractivity contribution is 0.676. The molecule has 0 unspecified atom stereocenters. The summed E-state index contributed by atoms with van der Waals surface area (Å²) in [5, 5.41) is 4.68. The molecular formula is C17H21BrN2S. The van der Waals surface area contributed by atoms with Crippen LogP contribution >= 0.6 is 27.3 Å². The molecule has 1 aromatic heterocycles. The van der Waals surface area contributed by atoms with E-state index in [4.69, 9.17) is 4.98 Å². The maximum atomic E-state index is 4.95. The standard InChI is InChI=1S/C17H21BrN2S/c1-3-8-19-10-15-16(12-6-7-12)20-17(21-15)13-5-4-11(2)14(18)9-13/h4-5,9,12,19H,3,6-8,10H2,1-2H3. The molecule has 0 bridgehead atoms. The van der Waals surface area contributed by atoms with E-state index in [-0.39, 0.29) is 0 Å². The molecule has 0 radical (unpaired) electrons. The van der Waals surface area contributed by atoms with Gasteiger partial charge in [-0.2, -0.15) is 0 Å². The zero-order chi connectivity index (χ0) is 14.8. The van der Waals surface area contributed by atoms with E-state index in [1.807, 2.05) is 11.3 Å². The van der Waals surface area contributed by atoms with Crippen molar-refractivity contribution < 1.29 is 0 Å². The van der Waals surface area contributed by atoms with Crippen LogP contribution in [0.25, 0.3) is 10.6 Å². The number of halogens is 1. The first kappa shape index (κ1) is 15.2. The first-order valence-electron chi connectivity index (χ1n) is 7.66. The van der Waals surface area contributed by atoms with Gasteiger partial charge in [0.05, 0.1) is 5.69 Å². The van der Waals surface area contributed by atoms with Crippen LogP contribution in [0.1, 0.15) is 48.2 Å². The summed E-state index contributed by atoms with van der Waals surface area (Å²) in [5.41, 5.74) is 3.83. The molecule has 0 amide bonds. The first-order valence-corrected chi connectivity index (χ1v) is 9.26. The minimum atomic E-state index is 0.710. The Labute approximate surface area is 139 Å². The van der Waals surface area contributed by atoms with E-state index in [0.717, 1.165) is 22.6 Å². The predicted octanol–water partition coefficient (Wildman–Crippen LogP) is 5.26. The Morgan fingerprint density at radius 2 is 2.19 bits per heavy atom. The van der Waals surface area contributed by atoms with Crippen LogP contribution in [-0.4, -0.2) is 11.5 Å². The summed E-state index contributed by atoms with van der Waals surface area (Å²) in [6.45, 7) is 6.36. The zero-order valence-electron chi connectivity index (χ0n) is 12.6. The fraction of sp³-hybridized carbons (Fsp3) is 0.471. The Morgan fingerprint density at radius 1 is 1.38 bits per heavy atom. The van der Waals surface area contributed by atoms with E-state index in [9.17, 15) is 0 Å². The van der Waals surface area contributed by atoms with E-state index in [2.05, 4.69) is 53.3 Å². The second kappa shape index (κ2) is 6.59. The van der Waals surface area contributed by atoms with Gasteiger partial charge in [0.2, 0.25) is 0 Å². The third kappa shape index (κ3) is 3.55. The molecular weight excluding hydrogens is 344 g/mol. The van der Waals surface area contributed by atoms with Gasteiger partial charge in [-0.15, -0.1) is 11.3 Å². The molecule has 1 heterocycles. The molecule has 21 heavy (non-hydrogen) atoms. The lowest BCUT2D eigenvalue weighted by Crippen LogP contribution is -2.13. The van der Waals surface area contributed by atoms with Crippen molar-refractivity contribution in [1.82, 2.24) is 10.3 Å². The molecule has 1 aromatic carbocycles. The molecule has 0 aliphatic heterocycles. The number of hydrogen-bond acceptors (Lipinski definition) is 3. The topological polar surface area (TPSA) is 24.9 Å². The van der Waals surface area contributed by atoms with Crippen molar-refractivity contribution in [2.24, 2.45) is 0 Å². The fourth-order valence-electron chi connectivity index (χ4n) is 2.39. The number of thiazole rings is 1. The predicted molar refractivity (Wildman–Crippen MR) is 94.0 cm³/mol. The molecule has 1 aliphatic carbocycles. The van der Waals surface area contributed by atoms with Gasteiger partial charge in [-0.3, -0.25) is 0 Å². The van der Waals surface area contributed by atoms with Crippen LogP contribution in [0.5, 0.6) is 0 Å². The summed E-state index contributed by atoms with van der Waals surface area (Å²) >= 11 is 5.48. The number of nitrogens with one attached hydrogen (secondary N) is 1. The lowest BCUT2D eigenvalue weighted by Gasteiger charge is -2.02. The Balaban J connectivity index is 1.88. The average molecular weight is 365 g/mol. The maximum absolute atomic E-state index is 4.95. The molecule has 4 heteroatoms. The normalized spacial score (nSPS) is 14.6. The quantitative estimate of drug-likeness (QED) is 0.707. The van der Waals surface area contributed by atoms with Crippen molar-refractivity contribution >= 4 is 27.3 Å². The molecule has 1 aliphatic rings. The van der Waals surface area contributed by atoms with Crippen LogP contribution in [0.15, 0.2) is 22.7 Å². The Bertz CT molecular complexity index is 632. The van der Waals surface area contributed by atoms with Gasteiger partial charge in [0.1, 0.15) is 5.01 Å². The fourth-order valence-corrected chi connectivity index (χ4v) is 3.89. The molecule has 0 atom stereocenters. The number of rotatable bonds is 6. The number of hydrogen-bond donors (Lipinski definition) is 1. The summed E-state index contributed by atoms with van der Waals surface area (Å²) in [5.74, 6) is 0.710. The van der Waals surface area contributed by atoms with Gasteiger partial charge >= 0.3 is 0 Å². The SMILES string of the molecule is CCCNCc1sc(-c2ccc(C)c(Br)c2)nc1C1CC1. The van der Waals surface area contributed by atoms with Gasteiger partial charge < -0.3 is 5.32 Å². The number of nitrogens with zero attached hydrogens (tertiary/aromatic N) is 1. The van der Waals surface area contributed by atoms with Crippen molar-refractivity contribution in [1.29, 1.82) is 0 Å². The molecule has 1 saturated carbocycles. The lowest BCUT2D eigenvalue weighted by atomic mass is 10.1. The summed E-state index contributed by atoms with van der Waals surface area (Å²) in [4.78, 5) is 6.38. The number of aromatic nitrogens is 1. The Kier molecular flexibility index (Phi) is 4.77. The van der Waals surface area contributed by atoms with Crippen molar-refractivity contribution in [3.8, 4) is 10.6 Å². The van der Waals surface area contributed by atoms with E-state index >= 15 is 0 Å². The first-order chi connectivity index (χ1) is 10.2. The van der Waals surface area contributed by atoms with E-state index in [1.165, 1.54) is 41.0 Å². The highest BCUT2D eigenvalue weighted by Crippen LogP contribution is 2.44. The Morgan fingerprint density at radius 3 is 2.86 bits per heavy atom. The molecule has 1 fully saturated rings. The van der Waals surface area contributed by atoms with E-state index < -0.39 is 0 Å². The van der Waals surface area contributed by atoms with Gasteiger partial charge in [-0.05, 0) is 44.4 Å². The van der Waals surface area contributed by atoms with Crippen molar-refractivity contribution in [2.45, 2.75) is 45.6 Å². The largest absolute Gasteiger partial charge is 0.312 e. The highest BCUT2D eigenvalue weighted by molar-refractivity contribution is 9.10. The summed E-state index contributed by atoms with van der Waals surface area (Å²) in [6, 6.07) is 6.53. The second-order valence-corrected chi connectivity index (χ2v) is 7.68. The molecule has 112 valence electrons. The number of benzene rings is 1. The third-order valence-electron chi connectivity index (χ3n) is 3.82. The van der Waals surface area contributed by atoms with Crippen LogP contribution in [-0.2, 0) is 6.54 Å². The minimum Gasteiger partial charge on any atom is -0.312 e. The van der Waals surface area contributed by atoms with E-state index in [0.29, 0.717) is 5.92 Å². The van der Waals surface area contributed by atoms with Crippen LogP contribution in [0.4, 0.5) is 0 Å². The van der Waals surface area contributed by atoms with Crippen LogP contribution in [0.2, 0.25) is 0 Å². The molecule has 2 nitrogen and oxygen atoms in total. The Hall–Kier alpha value is -0.710. The monoisotopic (exact) mass is 364 g/mol. The van der Waals surface area contributed by atoms with Crippen LogP contribution < -0.4 is 5.32 Å². The maximum Gasteiger partial charge on any atom is 0.123 e. The zero-order valence-corrected chi connectivity index (χ0v) is 15.0. The van der Waals surface area contributed by atoms with Gasteiger partial charge in [-0.1, -0.05) is 35.0 Å².